The molecule has 3 amide bonds. The second kappa shape index (κ2) is 11.1. The highest BCUT2D eigenvalue weighted by atomic mass is 16.5. The van der Waals surface area contributed by atoms with Gasteiger partial charge in [0.2, 0.25) is 11.8 Å². The van der Waals surface area contributed by atoms with Crippen molar-refractivity contribution in [2.24, 2.45) is 0 Å². The summed E-state index contributed by atoms with van der Waals surface area (Å²) in [6.45, 7) is -1.06. The summed E-state index contributed by atoms with van der Waals surface area (Å²) in [5, 5.41) is 25.2. The van der Waals surface area contributed by atoms with Crippen LogP contribution in [0.2, 0.25) is 0 Å². The first kappa shape index (κ1) is 23.7. The summed E-state index contributed by atoms with van der Waals surface area (Å²) in [5.74, 6) is -2.59. The predicted molar refractivity (Wildman–Crippen MR) is 117 cm³/mol. The van der Waals surface area contributed by atoms with Crippen LogP contribution in [0.15, 0.2) is 48.5 Å². The summed E-state index contributed by atoms with van der Waals surface area (Å²) in [6, 6.07) is 15.9. The first-order valence-corrected chi connectivity index (χ1v) is 10.4. The maximum Gasteiger partial charge on any atom is 0.407 e. The normalized spacial score (nSPS) is 12.8. The smallest absolute Gasteiger partial charge is 0.407 e. The second-order valence-corrected chi connectivity index (χ2v) is 7.51. The van der Waals surface area contributed by atoms with E-state index in [9.17, 15) is 24.3 Å². The molecule has 5 N–H and O–H groups in total. The van der Waals surface area contributed by atoms with E-state index in [-0.39, 0.29) is 25.5 Å². The lowest BCUT2D eigenvalue weighted by Gasteiger charge is -2.16. The molecule has 2 aromatic rings. The van der Waals surface area contributed by atoms with Crippen molar-refractivity contribution in [1.29, 1.82) is 0 Å². The molecule has 174 valence electrons. The Balaban J connectivity index is 1.40. The highest BCUT2D eigenvalue weighted by Crippen LogP contribution is 2.44. The Morgan fingerprint density at radius 2 is 1.42 bits per heavy atom. The third-order valence-electron chi connectivity index (χ3n) is 5.13. The van der Waals surface area contributed by atoms with Crippen molar-refractivity contribution in [3.8, 4) is 11.1 Å². The van der Waals surface area contributed by atoms with E-state index in [0.717, 1.165) is 22.3 Å². The summed E-state index contributed by atoms with van der Waals surface area (Å²) >= 11 is 0. The molecule has 0 saturated carbocycles. The number of hydrogen-bond acceptors (Lipinski definition) is 6. The molecule has 0 spiro atoms. The number of amides is 3. The fraction of sp³-hybridized carbons (Fsp3) is 0.304. The average molecular weight is 455 g/mol. The van der Waals surface area contributed by atoms with Gasteiger partial charge in [-0.15, -0.1) is 0 Å². The van der Waals surface area contributed by atoms with Gasteiger partial charge >= 0.3 is 12.1 Å². The van der Waals surface area contributed by atoms with Gasteiger partial charge in [0.1, 0.15) is 13.2 Å². The van der Waals surface area contributed by atoms with Gasteiger partial charge in [-0.3, -0.25) is 14.4 Å². The maximum atomic E-state index is 12.1. The maximum absolute atomic E-state index is 12.1. The molecule has 0 fully saturated rings. The number of carboxylic acid groups (broad SMARTS) is 1. The van der Waals surface area contributed by atoms with Crippen LogP contribution in [0.4, 0.5) is 4.79 Å². The number of alkyl carbamates (subject to hydrolysis) is 1. The van der Waals surface area contributed by atoms with Gasteiger partial charge in [0, 0.05) is 12.5 Å². The Morgan fingerprint density at radius 1 is 0.848 bits per heavy atom. The number of carboxylic acids is 1. The van der Waals surface area contributed by atoms with Gasteiger partial charge in [-0.25, -0.2) is 4.79 Å². The number of aliphatic hydroxyl groups excluding tert-OH is 1. The first-order valence-electron chi connectivity index (χ1n) is 10.4. The molecule has 0 heterocycles. The molecule has 1 atom stereocenters. The molecule has 10 heteroatoms. The van der Waals surface area contributed by atoms with Crippen LogP contribution in [0.25, 0.3) is 11.1 Å². The fourth-order valence-corrected chi connectivity index (χ4v) is 3.62. The van der Waals surface area contributed by atoms with Crippen molar-refractivity contribution in [3.05, 3.63) is 59.7 Å². The van der Waals surface area contributed by atoms with Gasteiger partial charge in [0.25, 0.3) is 0 Å². The molecular formula is C23H25N3O7. The largest absolute Gasteiger partial charge is 0.480 e. The Kier molecular flexibility index (Phi) is 7.98. The lowest BCUT2D eigenvalue weighted by molar-refractivity contribution is -0.137. The van der Waals surface area contributed by atoms with Crippen LogP contribution in [0.5, 0.6) is 0 Å². The minimum absolute atomic E-state index is 0.0916. The number of ether oxygens (including phenoxy) is 1. The molecule has 33 heavy (non-hydrogen) atoms. The molecule has 10 nitrogen and oxygen atoms in total. The number of aliphatic carboxylic acids is 1. The minimum atomic E-state index is -1.20. The van der Waals surface area contributed by atoms with Crippen LogP contribution in [0, 0.1) is 0 Å². The van der Waals surface area contributed by atoms with Crippen molar-refractivity contribution < 1.29 is 34.1 Å². The molecule has 0 saturated heterocycles. The lowest BCUT2D eigenvalue weighted by atomic mass is 9.98. The van der Waals surface area contributed by atoms with E-state index in [0.29, 0.717) is 0 Å². The van der Waals surface area contributed by atoms with Crippen molar-refractivity contribution in [1.82, 2.24) is 16.0 Å². The van der Waals surface area contributed by atoms with Crippen LogP contribution in [-0.2, 0) is 19.1 Å². The number of carbonyl (C=O) groups excluding carboxylic acids is 3. The fourth-order valence-electron chi connectivity index (χ4n) is 3.62. The van der Waals surface area contributed by atoms with Crippen molar-refractivity contribution in [2.45, 2.75) is 18.4 Å². The van der Waals surface area contributed by atoms with Crippen LogP contribution in [0.3, 0.4) is 0 Å². The molecule has 0 bridgehead atoms. The van der Waals surface area contributed by atoms with E-state index in [1.807, 2.05) is 48.5 Å². The van der Waals surface area contributed by atoms with Gasteiger partial charge in [-0.1, -0.05) is 48.5 Å². The summed E-state index contributed by atoms with van der Waals surface area (Å²) in [4.78, 5) is 45.6. The molecule has 3 rings (SSSR count). The summed E-state index contributed by atoms with van der Waals surface area (Å²) < 4.78 is 5.36. The number of nitrogens with one attached hydrogen (secondary N) is 3. The first-order chi connectivity index (χ1) is 15.8. The SMILES string of the molecule is O=C(O)CNC(=O)CNC(=O)CC(O)CNC(=O)OCC1c2ccccc2-c2ccccc21. The van der Waals surface area contributed by atoms with E-state index in [1.165, 1.54) is 0 Å². The van der Waals surface area contributed by atoms with Crippen LogP contribution < -0.4 is 16.0 Å². The quantitative estimate of drug-likeness (QED) is 0.351. The predicted octanol–water partition coefficient (Wildman–Crippen LogP) is 0.593. The Morgan fingerprint density at radius 3 is 2.03 bits per heavy atom. The Hall–Kier alpha value is -3.92. The zero-order valence-electron chi connectivity index (χ0n) is 17.7. The van der Waals surface area contributed by atoms with E-state index in [4.69, 9.17) is 9.84 Å². The third-order valence-corrected chi connectivity index (χ3v) is 5.13. The zero-order chi connectivity index (χ0) is 23.8. The topological polar surface area (TPSA) is 154 Å². The number of rotatable bonds is 10. The molecule has 0 aromatic heterocycles. The van der Waals surface area contributed by atoms with Crippen LogP contribution >= 0.6 is 0 Å². The van der Waals surface area contributed by atoms with E-state index in [1.54, 1.807) is 0 Å². The van der Waals surface area contributed by atoms with Crippen LogP contribution in [-0.4, -0.2) is 66.4 Å². The summed E-state index contributed by atoms with van der Waals surface area (Å²) in [7, 11) is 0. The van der Waals surface area contributed by atoms with E-state index in [2.05, 4.69) is 16.0 Å². The molecule has 0 aliphatic heterocycles. The Bertz CT molecular complexity index is 995. The molecule has 1 aliphatic carbocycles. The van der Waals surface area contributed by atoms with Gasteiger partial charge in [0.15, 0.2) is 0 Å². The number of hydrogen-bond donors (Lipinski definition) is 5. The number of carbonyl (C=O) groups is 4. The van der Waals surface area contributed by atoms with E-state index < -0.39 is 43.1 Å². The lowest BCUT2D eigenvalue weighted by Crippen LogP contribution is -2.41. The number of benzene rings is 2. The van der Waals surface area contributed by atoms with Gasteiger partial charge < -0.3 is 30.9 Å². The van der Waals surface area contributed by atoms with Crippen molar-refractivity contribution in [3.63, 3.8) is 0 Å². The van der Waals surface area contributed by atoms with Gasteiger partial charge in [0.05, 0.1) is 19.1 Å². The Labute approximate surface area is 189 Å². The zero-order valence-corrected chi connectivity index (χ0v) is 17.7. The molecule has 1 unspecified atom stereocenters. The summed E-state index contributed by atoms with van der Waals surface area (Å²) in [5.41, 5.74) is 4.38. The molecule has 0 radical (unpaired) electrons. The van der Waals surface area contributed by atoms with E-state index >= 15 is 0 Å². The highest BCUT2D eigenvalue weighted by Gasteiger charge is 2.29. The molecular weight excluding hydrogens is 430 g/mol. The van der Waals surface area contributed by atoms with Crippen LogP contribution in [0.1, 0.15) is 23.5 Å². The minimum Gasteiger partial charge on any atom is -0.480 e. The number of aliphatic hydroxyl groups is 1. The second-order valence-electron chi connectivity index (χ2n) is 7.51. The standard InChI is InChI=1S/C23H25N3O7/c27-14(9-20(28)24-11-21(29)25-12-22(30)31)10-26-23(32)33-13-19-17-7-3-1-5-15(17)16-6-2-4-8-18(16)19/h1-8,14,19,27H,9-13H2,(H,24,28)(H,25,29)(H,26,32)(H,30,31). The van der Waals surface area contributed by atoms with Gasteiger partial charge in [-0.05, 0) is 22.3 Å². The number of fused-ring (bicyclic) bond motifs is 3. The molecule has 2 aromatic carbocycles. The molecule has 1 aliphatic rings. The summed E-state index contributed by atoms with van der Waals surface area (Å²) in [6.07, 6.45) is -2.26. The monoisotopic (exact) mass is 455 g/mol. The highest BCUT2D eigenvalue weighted by molar-refractivity contribution is 5.86. The third kappa shape index (κ3) is 6.53. The van der Waals surface area contributed by atoms with Crippen molar-refractivity contribution in [2.75, 3.05) is 26.2 Å². The van der Waals surface area contributed by atoms with Crippen molar-refractivity contribution >= 4 is 23.9 Å². The van der Waals surface area contributed by atoms with Gasteiger partial charge in [-0.2, -0.15) is 0 Å². The average Bonchev–Trinajstić information content (AvgIpc) is 3.12.